The SMILES string of the molecule is N#Cc1ccc(Sc2nnnn2C2CC2)c(F)c1. The summed E-state index contributed by atoms with van der Waals surface area (Å²) in [6, 6.07) is 6.62. The van der Waals surface area contributed by atoms with Crippen LogP contribution in [0.2, 0.25) is 0 Å². The largest absolute Gasteiger partial charge is 0.217 e. The summed E-state index contributed by atoms with van der Waals surface area (Å²) in [5.74, 6) is -0.426. The van der Waals surface area contributed by atoms with Crippen LogP contribution in [-0.2, 0) is 0 Å². The Morgan fingerprint density at radius 2 is 2.28 bits per heavy atom. The predicted octanol–water partition coefficient (Wildman–Crippen LogP) is 2.17. The first-order chi connectivity index (χ1) is 8.78. The Hall–Kier alpha value is -1.94. The average Bonchev–Trinajstić information content (AvgIpc) is 3.12. The van der Waals surface area contributed by atoms with Gasteiger partial charge in [0, 0.05) is 0 Å². The van der Waals surface area contributed by atoms with Crippen LogP contribution < -0.4 is 0 Å². The minimum absolute atomic E-state index is 0.304. The molecule has 0 saturated heterocycles. The smallest absolute Gasteiger partial charge is 0.214 e. The lowest BCUT2D eigenvalue weighted by Gasteiger charge is -2.03. The second kappa shape index (κ2) is 4.38. The highest BCUT2D eigenvalue weighted by atomic mass is 32.2. The Bertz CT molecular complexity index is 629. The molecule has 0 spiro atoms. The summed E-state index contributed by atoms with van der Waals surface area (Å²) in [6.07, 6.45) is 2.13. The molecule has 1 aromatic carbocycles. The van der Waals surface area contributed by atoms with Crippen molar-refractivity contribution in [3.05, 3.63) is 29.6 Å². The normalized spacial score (nSPS) is 14.4. The van der Waals surface area contributed by atoms with Gasteiger partial charge in [-0.05, 0) is 53.2 Å². The summed E-state index contributed by atoms with van der Waals surface area (Å²) < 4.78 is 15.5. The van der Waals surface area contributed by atoms with Crippen LogP contribution in [0.15, 0.2) is 28.3 Å². The fourth-order valence-corrected chi connectivity index (χ4v) is 2.40. The molecule has 90 valence electrons. The van der Waals surface area contributed by atoms with Gasteiger partial charge in [0.1, 0.15) is 5.82 Å². The quantitative estimate of drug-likeness (QED) is 0.847. The Morgan fingerprint density at radius 3 is 2.94 bits per heavy atom. The van der Waals surface area contributed by atoms with E-state index in [1.54, 1.807) is 16.8 Å². The van der Waals surface area contributed by atoms with Crippen LogP contribution in [0.1, 0.15) is 24.4 Å². The highest BCUT2D eigenvalue weighted by Gasteiger charge is 2.28. The molecule has 0 aliphatic heterocycles. The third-order valence-corrected chi connectivity index (χ3v) is 3.62. The molecule has 2 aromatic rings. The topological polar surface area (TPSA) is 67.4 Å². The van der Waals surface area contributed by atoms with Gasteiger partial charge in [0.25, 0.3) is 0 Å². The van der Waals surface area contributed by atoms with Crippen molar-refractivity contribution in [3.8, 4) is 6.07 Å². The molecule has 5 nitrogen and oxygen atoms in total. The number of aromatic nitrogens is 4. The number of nitrogens with zero attached hydrogens (tertiary/aromatic N) is 5. The zero-order valence-electron chi connectivity index (χ0n) is 9.25. The molecule has 7 heteroatoms. The fourth-order valence-electron chi connectivity index (χ4n) is 1.55. The minimum atomic E-state index is -0.426. The number of tetrazole rings is 1. The third-order valence-electron chi connectivity index (χ3n) is 2.62. The Balaban J connectivity index is 1.88. The van der Waals surface area contributed by atoms with Gasteiger partial charge in [-0.2, -0.15) is 5.26 Å². The van der Waals surface area contributed by atoms with Crippen LogP contribution in [0.4, 0.5) is 4.39 Å². The zero-order chi connectivity index (χ0) is 12.5. The van der Waals surface area contributed by atoms with E-state index in [-0.39, 0.29) is 0 Å². The van der Waals surface area contributed by atoms with Crippen molar-refractivity contribution >= 4 is 11.8 Å². The van der Waals surface area contributed by atoms with Crippen LogP contribution in [0.5, 0.6) is 0 Å². The van der Waals surface area contributed by atoms with Crippen molar-refractivity contribution in [2.45, 2.75) is 28.9 Å². The monoisotopic (exact) mass is 261 g/mol. The van der Waals surface area contributed by atoms with E-state index in [9.17, 15) is 4.39 Å². The van der Waals surface area contributed by atoms with E-state index in [0.717, 1.165) is 12.8 Å². The van der Waals surface area contributed by atoms with Crippen LogP contribution in [0.3, 0.4) is 0 Å². The number of halogens is 1. The van der Waals surface area contributed by atoms with Gasteiger partial charge in [0.15, 0.2) is 0 Å². The summed E-state index contributed by atoms with van der Waals surface area (Å²) in [4.78, 5) is 0.422. The molecule has 0 amide bonds. The van der Waals surface area contributed by atoms with Crippen molar-refractivity contribution < 1.29 is 4.39 Å². The molecule has 3 rings (SSSR count). The first-order valence-corrected chi connectivity index (χ1v) is 6.25. The first kappa shape index (κ1) is 11.2. The molecule has 1 aromatic heterocycles. The molecular formula is C11H8FN5S. The van der Waals surface area contributed by atoms with E-state index in [0.29, 0.717) is 21.7 Å². The number of rotatable bonds is 3. The molecule has 0 unspecified atom stereocenters. The maximum absolute atomic E-state index is 13.7. The van der Waals surface area contributed by atoms with Crippen LogP contribution >= 0.6 is 11.8 Å². The number of hydrogen-bond donors (Lipinski definition) is 0. The van der Waals surface area contributed by atoms with Crippen molar-refractivity contribution in [3.63, 3.8) is 0 Å². The molecule has 18 heavy (non-hydrogen) atoms. The molecule has 0 N–H and O–H groups in total. The van der Waals surface area contributed by atoms with Gasteiger partial charge >= 0.3 is 0 Å². The van der Waals surface area contributed by atoms with Crippen LogP contribution in [0.25, 0.3) is 0 Å². The maximum Gasteiger partial charge on any atom is 0.214 e. The number of benzene rings is 1. The lowest BCUT2D eigenvalue weighted by atomic mass is 10.2. The number of nitriles is 1. The van der Waals surface area contributed by atoms with Gasteiger partial charge in [-0.15, -0.1) is 5.10 Å². The Kier molecular flexibility index (Phi) is 2.72. The second-order valence-corrected chi connectivity index (χ2v) is 5.01. The van der Waals surface area contributed by atoms with Gasteiger partial charge in [0.2, 0.25) is 5.16 Å². The molecule has 0 radical (unpaired) electrons. The maximum atomic E-state index is 13.7. The Morgan fingerprint density at radius 1 is 1.44 bits per heavy atom. The van der Waals surface area contributed by atoms with Crippen molar-refractivity contribution in [2.75, 3.05) is 0 Å². The van der Waals surface area contributed by atoms with Gasteiger partial charge < -0.3 is 0 Å². The van der Waals surface area contributed by atoms with E-state index in [2.05, 4.69) is 15.5 Å². The molecular weight excluding hydrogens is 253 g/mol. The van der Waals surface area contributed by atoms with Crippen molar-refractivity contribution in [1.82, 2.24) is 20.2 Å². The van der Waals surface area contributed by atoms with E-state index in [1.807, 2.05) is 6.07 Å². The third kappa shape index (κ3) is 2.07. The summed E-state index contributed by atoms with van der Waals surface area (Å²) in [6.45, 7) is 0. The molecule has 1 fully saturated rings. The van der Waals surface area contributed by atoms with E-state index >= 15 is 0 Å². The molecule has 1 heterocycles. The lowest BCUT2D eigenvalue weighted by molar-refractivity contribution is 0.563. The van der Waals surface area contributed by atoms with Gasteiger partial charge in [-0.1, -0.05) is 0 Å². The molecule has 1 aliphatic carbocycles. The van der Waals surface area contributed by atoms with Crippen LogP contribution in [0, 0.1) is 17.1 Å². The zero-order valence-corrected chi connectivity index (χ0v) is 10.1. The van der Waals surface area contributed by atoms with Gasteiger partial charge in [0.05, 0.1) is 22.6 Å². The summed E-state index contributed by atoms with van der Waals surface area (Å²) in [5, 5.41) is 20.7. The van der Waals surface area contributed by atoms with E-state index < -0.39 is 5.82 Å². The van der Waals surface area contributed by atoms with E-state index in [1.165, 1.54) is 17.8 Å². The fraction of sp³-hybridized carbons (Fsp3) is 0.273. The first-order valence-electron chi connectivity index (χ1n) is 5.43. The highest BCUT2D eigenvalue weighted by Crippen LogP contribution is 2.38. The highest BCUT2D eigenvalue weighted by molar-refractivity contribution is 7.99. The standard InChI is InChI=1S/C11H8FN5S/c12-9-5-7(6-13)1-4-10(9)18-11-14-15-16-17(11)8-2-3-8/h1,4-5,8H,2-3H2. The molecule has 1 aliphatic rings. The predicted molar refractivity (Wildman–Crippen MR) is 61.3 cm³/mol. The Labute approximate surface area is 107 Å². The molecule has 0 bridgehead atoms. The molecule has 0 atom stereocenters. The second-order valence-electron chi connectivity index (χ2n) is 4.00. The van der Waals surface area contributed by atoms with Gasteiger partial charge in [-0.3, -0.25) is 0 Å². The lowest BCUT2D eigenvalue weighted by Crippen LogP contribution is -1.98. The molecule has 1 saturated carbocycles. The van der Waals surface area contributed by atoms with Gasteiger partial charge in [-0.25, -0.2) is 9.07 Å². The number of hydrogen-bond acceptors (Lipinski definition) is 5. The minimum Gasteiger partial charge on any atom is -0.217 e. The summed E-state index contributed by atoms with van der Waals surface area (Å²) in [7, 11) is 0. The van der Waals surface area contributed by atoms with Crippen LogP contribution in [-0.4, -0.2) is 20.2 Å². The van der Waals surface area contributed by atoms with Crippen molar-refractivity contribution in [1.29, 1.82) is 5.26 Å². The van der Waals surface area contributed by atoms with Crippen molar-refractivity contribution in [2.24, 2.45) is 0 Å². The summed E-state index contributed by atoms with van der Waals surface area (Å²) in [5.41, 5.74) is 0.304. The average molecular weight is 261 g/mol. The summed E-state index contributed by atoms with van der Waals surface area (Å²) >= 11 is 1.18. The van der Waals surface area contributed by atoms with E-state index in [4.69, 9.17) is 5.26 Å².